The van der Waals surface area contributed by atoms with E-state index in [9.17, 15) is 9.59 Å². The summed E-state index contributed by atoms with van der Waals surface area (Å²) in [4.78, 5) is 22.2. The van der Waals surface area contributed by atoms with Crippen molar-refractivity contribution >= 4 is 23.6 Å². The topological polar surface area (TPSA) is 79.2 Å². The second-order valence-electron chi connectivity index (χ2n) is 6.91. The van der Waals surface area contributed by atoms with Gasteiger partial charge in [-0.25, -0.2) is 5.69 Å². The smallest absolute Gasteiger partial charge is 0.756 e. The quantitative estimate of drug-likeness (QED) is 0.612. The zero-order chi connectivity index (χ0) is 20.5. The van der Waals surface area contributed by atoms with Crippen molar-refractivity contribution in [2.45, 2.75) is 39.5 Å². The Morgan fingerprint density at radius 2 is 1.86 bits per heavy atom. The van der Waals surface area contributed by atoms with Crippen molar-refractivity contribution in [2.75, 3.05) is 12.4 Å². The van der Waals surface area contributed by atoms with Crippen molar-refractivity contribution in [2.24, 2.45) is 5.92 Å². The van der Waals surface area contributed by atoms with E-state index in [0.717, 1.165) is 48.2 Å². The minimum absolute atomic E-state index is 0. The molecule has 0 bridgehead atoms. The van der Waals surface area contributed by atoms with Gasteiger partial charge in [0.05, 0.1) is 13.4 Å². The summed E-state index contributed by atoms with van der Waals surface area (Å²) in [6.07, 6.45) is 8.00. The van der Waals surface area contributed by atoms with E-state index in [2.05, 4.69) is 11.7 Å². The van der Waals surface area contributed by atoms with Crippen LogP contribution in [0.1, 0.15) is 42.4 Å². The Hall–Kier alpha value is -1.18. The van der Waals surface area contributed by atoms with Crippen molar-refractivity contribution in [3.05, 3.63) is 65.2 Å². The number of nitrogens with one attached hydrogen (secondary N) is 2. The second-order valence-corrected chi connectivity index (χ2v) is 6.91. The summed E-state index contributed by atoms with van der Waals surface area (Å²) in [6.45, 7) is 3.78. The number of carbonyl (C=O) groups is 1. The Kier molecular flexibility index (Phi) is 11.8. The van der Waals surface area contributed by atoms with Crippen LogP contribution in [0.3, 0.4) is 0 Å². The molecule has 2 aromatic carbocycles. The van der Waals surface area contributed by atoms with E-state index < -0.39 is 0 Å². The molecule has 29 heavy (non-hydrogen) atoms. The zero-order valence-corrected chi connectivity index (χ0v) is 20.8. The first kappa shape index (κ1) is 25.9. The van der Waals surface area contributed by atoms with Crippen molar-refractivity contribution in [3.8, 4) is 5.75 Å². The molecule has 1 saturated carbocycles. The van der Waals surface area contributed by atoms with Gasteiger partial charge in [0.1, 0.15) is 5.75 Å². The molecule has 1 aliphatic rings. The van der Waals surface area contributed by atoms with Crippen LogP contribution >= 0.6 is 0 Å². The van der Waals surface area contributed by atoms with Crippen molar-refractivity contribution in [1.29, 1.82) is 0 Å². The van der Waals surface area contributed by atoms with Crippen LogP contribution in [0.2, 0.25) is 0 Å². The molecule has 2 aromatic rings. The van der Waals surface area contributed by atoms with Gasteiger partial charge in [0.2, 0.25) is 5.91 Å². The van der Waals surface area contributed by atoms with Gasteiger partial charge in [-0.2, -0.15) is 24.5 Å². The van der Waals surface area contributed by atoms with E-state index in [0.29, 0.717) is 5.56 Å². The van der Waals surface area contributed by atoms with E-state index in [1.807, 2.05) is 25.1 Å². The monoisotopic (exact) mass is 418 g/mol. The molecule has 150 valence electrons. The van der Waals surface area contributed by atoms with Gasteiger partial charge < -0.3 is 27.0 Å². The number of hydrogen-bond acceptors (Lipinski definition) is 3. The standard InChI is InChI=1S/C15H20NO2.C8H7NO.K/c1-11-8-9-13(10-14(11)18-2)16-15(17)12-6-4-3-5-7-12;1-6-3-2-4-7(5-10)8(6)9;/h3,8-10,12H,4-7H2,1-2H3,(H,16,17);2-4,9H,1H3;/q-1;-2;+1. The number of methoxy groups -OCH3 is 1. The summed E-state index contributed by atoms with van der Waals surface area (Å²) in [5, 5.41) is 2.98. The molecular weight excluding hydrogens is 391 g/mol. The number of anilines is 1. The predicted molar refractivity (Wildman–Crippen MR) is 113 cm³/mol. The SMILES string of the molecule is COc1cc(NC(=O)C2CC[CH-]CC2)ccc1C.Cc1cccc([C-]=O)c1[NH-].[K+]. The van der Waals surface area contributed by atoms with Gasteiger partial charge in [-0.15, -0.1) is 11.6 Å². The average Bonchev–Trinajstić information content (AvgIpc) is 2.72. The summed E-state index contributed by atoms with van der Waals surface area (Å²) >= 11 is 0. The maximum atomic E-state index is 12.1. The van der Waals surface area contributed by atoms with Crippen LogP contribution in [-0.4, -0.2) is 19.3 Å². The molecule has 1 amide bonds. The number of carbonyl (C=O) groups excluding carboxylic acids is 2. The van der Waals surface area contributed by atoms with Gasteiger partial charge in [0, 0.05) is 17.7 Å². The molecule has 0 radical (unpaired) electrons. The molecule has 0 spiro atoms. The Labute approximate surface area is 216 Å². The molecule has 6 heteroatoms. The van der Waals surface area contributed by atoms with Crippen LogP contribution in [0, 0.1) is 26.2 Å². The van der Waals surface area contributed by atoms with Gasteiger partial charge in [-0.05, 0) is 18.6 Å². The fraction of sp³-hybridized carbons (Fsp3) is 0.348. The third-order valence-corrected chi connectivity index (χ3v) is 4.87. The summed E-state index contributed by atoms with van der Waals surface area (Å²) in [5.74, 6) is 1.10. The number of rotatable bonds is 4. The molecule has 0 unspecified atom stereocenters. The van der Waals surface area contributed by atoms with Crippen molar-refractivity contribution < 1.29 is 65.7 Å². The van der Waals surface area contributed by atoms with E-state index in [1.54, 1.807) is 38.5 Å². The summed E-state index contributed by atoms with van der Waals surface area (Å²) in [6, 6.07) is 10.9. The maximum Gasteiger partial charge on any atom is 1.00 e. The molecule has 0 saturated heterocycles. The molecule has 5 nitrogen and oxygen atoms in total. The van der Waals surface area contributed by atoms with E-state index in [4.69, 9.17) is 10.5 Å². The fourth-order valence-electron chi connectivity index (χ4n) is 3.08. The van der Waals surface area contributed by atoms with Crippen molar-refractivity contribution in [3.63, 3.8) is 0 Å². The Morgan fingerprint density at radius 1 is 1.17 bits per heavy atom. The van der Waals surface area contributed by atoms with E-state index >= 15 is 0 Å². The number of aryl methyl sites for hydroxylation is 2. The third kappa shape index (κ3) is 7.87. The van der Waals surface area contributed by atoms with Crippen LogP contribution in [0.5, 0.6) is 5.75 Å². The average molecular weight is 419 g/mol. The minimum atomic E-state index is 0. The second kappa shape index (κ2) is 13.2. The normalized spacial score (nSPS) is 13.3. The first-order valence-corrected chi connectivity index (χ1v) is 9.42. The van der Waals surface area contributed by atoms with Crippen LogP contribution in [0.4, 0.5) is 11.4 Å². The van der Waals surface area contributed by atoms with E-state index in [1.165, 1.54) is 0 Å². The molecule has 0 aliphatic heterocycles. The molecule has 0 aromatic heterocycles. The number of hydrogen-bond donors (Lipinski definition) is 1. The number of ether oxygens (including phenoxy) is 1. The molecule has 0 heterocycles. The van der Waals surface area contributed by atoms with Gasteiger partial charge in [-0.3, -0.25) is 4.79 Å². The van der Waals surface area contributed by atoms with Gasteiger partial charge in [0.25, 0.3) is 0 Å². The maximum absolute atomic E-state index is 12.1. The summed E-state index contributed by atoms with van der Waals surface area (Å²) in [7, 11) is 1.64. The van der Waals surface area contributed by atoms with Crippen LogP contribution in [0.15, 0.2) is 36.4 Å². The van der Waals surface area contributed by atoms with Gasteiger partial charge >= 0.3 is 51.4 Å². The van der Waals surface area contributed by atoms with Gasteiger partial charge in [-0.1, -0.05) is 31.9 Å². The molecule has 3 rings (SSSR count). The minimum Gasteiger partial charge on any atom is -0.756 e. The Morgan fingerprint density at radius 3 is 2.45 bits per heavy atom. The van der Waals surface area contributed by atoms with Crippen LogP contribution in [-0.2, 0) is 9.59 Å². The zero-order valence-electron chi connectivity index (χ0n) is 17.7. The van der Waals surface area contributed by atoms with E-state index in [-0.39, 0.29) is 68.9 Å². The largest absolute Gasteiger partial charge is 1.00 e. The van der Waals surface area contributed by atoms with Crippen molar-refractivity contribution in [1.82, 2.24) is 0 Å². The molecule has 1 fully saturated rings. The fourth-order valence-corrected chi connectivity index (χ4v) is 3.08. The Bertz CT molecular complexity index is 818. The van der Waals surface area contributed by atoms with Crippen LogP contribution < -0.4 is 61.4 Å². The summed E-state index contributed by atoms with van der Waals surface area (Å²) < 4.78 is 5.26. The predicted octanol–water partition coefficient (Wildman–Crippen LogP) is 2.48. The van der Waals surface area contributed by atoms with Crippen LogP contribution in [0.25, 0.3) is 5.73 Å². The molecular formula is C23H27KN2O3-2. The molecule has 2 N–H and O–H groups in total. The Balaban J connectivity index is 0.000000327. The molecule has 1 aliphatic carbocycles. The number of amides is 1. The molecule has 0 atom stereocenters. The first-order chi connectivity index (χ1) is 13.5. The first-order valence-electron chi connectivity index (χ1n) is 9.42. The third-order valence-electron chi connectivity index (χ3n) is 4.87. The van der Waals surface area contributed by atoms with Gasteiger partial charge in [0.15, 0.2) is 0 Å². The number of benzene rings is 2. The summed E-state index contributed by atoms with van der Waals surface area (Å²) in [5.41, 5.74) is 10.6.